The fraction of sp³-hybridized carbons (Fsp3) is 0.385. The van der Waals surface area contributed by atoms with Crippen LogP contribution >= 0.6 is 0 Å². The lowest BCUT2D eigenvalue weighted by Gasteiger charge is -2.28. The maximum Gasteiger partial charge on any atom is 0.490 e. The molecule has 2 atom stereocenters. The number of allylic oxidation sites excluding steroid dienone is 1. The Kier molecular flexibility index (Phi) is 11.5. The van der Waals surface area contributed by atoms with Gasteiger partial charge in [0.2, 0.25) is 0 Å². The molecule has 12 heteroatoms. The molecule has 0 unspecified atom stereocenters. The van der Waals surface area contributed by atoms with Gasteiger partial charge in [-0.2, -0.15) is 13.2 Å². The van der Waals surface area contributed by atoms with Crippen molar-refractivity contribution < 1.29 is 46.1 Å². The van der Waals surface area contributed by atoms with Crippen LogP contribution in [0.4, 0.5) is 26.7 Å². The van der Waals surface area contributed by atoms with Gasteiger partial charge in [-0.15, -0.1) is 6.58 Å². The highest BCUT2D eigenvalue weighted by atomic mass is 19.4. The van der Waals surface area contributed by atoms with Crippen LogP contribution in [0.3, 0.4) is 0 Å². The van der Waals surface area contributed by atoms with E-state index in [9.17, 15) is 36.6 Å². The van der Waals surface area contributed by atoms with Crippen LogP contribution < -0.4 is 15.4 Å². The minimum absolute atomic E-state index is 0.0494. The molecule has 0 aliphatic rings. The van der Waals surface area contributed by atoms with E-state index in [4.69, 9.17) is 4.74 Å². The molecule has 0 radical (unpaired) electrons. The Hall–Kier alpha value is -3.67. The molecular weight excluding hydrogens is 515 g/mol. The number of amides is 1. The lowest BCUT2D eigenvalue weighted by atomic mass is 9.99. The molecule has 0 aromatic heterocycles. The fourth-order valence-electron chi connectivity index (χ4n) is 3.81. The largest absolute Gasteiger partial charge is 0.497 e. The number of methoxy groups -OCH3 is 1. The van der Waals surface area contributed by atoms with E-state index in [-0.39, 0.29) is 12.1 Å². The van der Waals surface area contributed by atoms with Crippen LogP contribution in [0, 0.1) is 11.6 Å². The number of rotatable bonds is 14. The molecule has 2 aromatic carbocycles. The SMILES string of the molecule is C=CCCCc1ccc(OC)cc1CNC[C@H](OC(=O)C(F)(F)F)[C@H](Cc1cc(F)cc(F)c1)NC(=O)O. The molecule has 38 heavy (non-hydrogen) atoms. The van der Waals surface area contributed by atoms with Gasteiger partial charge in [-0.25, -0.2) is 18.4 Å². The molecule has 0 fully saturated rings. The van der Waals surface area contributed by atoms with Crippen LogP contribution in [-0.2, 0) is 28.9 Å². The van der Waals surface area contributed by atoms with Gasteiger partial charge in [-0.3, -0.25) is 0 Å². The Bertz CT molecular complexity index is 1090. The number of carbonyl (C=O) groups excluding carboxylic acids is 1. The predicted molar refractivity (Wildman–Crippen MR) is 129 cm³/mol. The van der Waals surface area contributed by atoms with Crippen LogP contribution in [0.5, 0.6) is 5.75 Å². The number of alkyl halides is 3. The number of benzene rings is 2. The average molecular weight is 545 g/mol. The minimum atomic E-state index is -5.35. The van der Waals surface area contributed by atoms with Crippen molar-refractivity contribution in [1.82, 2.24) is 10.6 Å². The Labute approximate surface area is 216 Å². The zero-order chi connectivity index (χ0) is 28.3. The quantitative estimate of drug-likeness (QED) is 0.135. The maximum atomic E-state index is 13.7. The second kappa shape index (κ2) is 14.3. The van der Waals surface area contributed by atoms with Crippen molar-refractivity contribution in [3.63, 3.8) is 0 Å². The summed E-state index contributed by atoms with van der Waals surface area (Å²) in [6.45, 7) is 3.40. The highest BCUT2D eigenvalue weighted by Gasteiger charge is 2.43. The van der Waals surface area contributed by atoms with E-state index in [2.05, 4.69) is 16.6 Å². The van der Waals surface area contributed by atoms with Gasteiger partial charge < -0.3 is 25.2 Å². The topological polar surface area (TPSA) is 96.9 Å². The second-order valence-electron chi connectivity index (χ2n) is 8.43. The molecule has 0 aliphatic heterocycles. The summed E-state index contributed by atoms with van der Waals surface area (Å²) in [4.78, 5) is 23.0. The van der Waals surface area contributed by atoms with E-state index in [1.165, 1.54) is 7.11 Å². The summed E-state index contributed by atoms with van der Waals surface area (Å²) in [6, 6.07) is 6.30. The number of hydrogen-bond donors (Lipinski definition) is 3. The first kappa shape index (κ1) is 30.6. The third-order valence-corrected chi connectivity index (χ3v) is 5.55. The molecule has 0 bridgehead atoms. The normalized spacial score (nSPS) is 12.9. The van der Waals surface area contributed by atoms with Crippen molar-refractivity contribution in [2.24, 2.45) is 0 Å². The van der Waals surface area contributed by atoms with Crippen molar-refractivity contribution in [3.8, 4) is 5.75 Å². The first-order valence-corrected chi connectivity index (χ1v) is 11.6. The van der Waals surface area contributed by atoms with Gasteiger partial charge in [0.25, 0.3) is 0 Å². The Morgan fingerprint density at radius 3 is 2.37 bits per heavy atom. The monoisotopic (exact) mass is 544 g/mol. The molecule has 0 saturated heterocycles. The number of esters is 1. The summed E-state index contributed by atoms with van der Waals surface area (Å²) >= 11 is 0. The van der Waals surface area contributed by atoms with Crippen molar-refractivity contribution in [1.29, 1.82) is 0 Å². The predicted octanol–water partition coefficient (Wildman–Crippen LogP) is 4.92. The third kappa shape index (κ3) is 10.0. The van der Waals surface area contributed by atoms with Crippen molar-refractivity contribution >= 4 is 12.1 Å². The van der Waals surface area contributed by atoms with Crippen molar-refractivity contribution in [2.45, 2.75) is 50.6 Å². The van der Waals surface area contributed by atoms with E-state index < -0.39 is 55.0 Å². The molecule has 0 saturated carbocycles. The van der Waals surface area contributed by atoms with Crippen LogP contribution in [0.2, 0.25) is 0 Å². The standard InChI is InChI=1S/C26H29F5N2O5/c1-3-4-5-6-17-7-8-21(37-2)12-18(17)14-32-15-23(38-24(34)26(29,30)31)22(33-25(35)36)11-16-9-19(27)13-20(28)10-16/h3,7-10,12-13,22-23,32-33H,1,4-6,11,14-15H2,2H3,(H,35,36)/t22-,23-/m0/s1. The van der Waals surface area contributed by atoms with Crippen molar-refractivity contribution in [2.75, 3.05) is 13.7 Å². The summed E-state index contributed by atoms with van der Waals surface area (Å²) in [6.07, 6.45) is -5.05. The average Bonchev–Trinajstić information content (AvgIpc) is 2.82. The van der Waals surface area contributed by atoms with Gasteiger partial charge in [-0.05, 0) is 66.6 Å². The number of aryl methyl sites for hydroxylation is 1. The smallest absolute Gasteiger partial charge is 0.490 e. The molecule has 7 nitrogen and oxygen atoms in total. The van der Waals surface area contributed by atoms with Crippen molar-refractivity contribution in [3.05, 3.63) is 77.4 Å². The van der Waals surface area contributed by atoms with Gasteiger partial charge in [0.05, 0.1) is 13.2 Å². The summed E-state index contributed by atoms with van der Waals surface area (Å²) in [5.74, 6) is -3.90. The number of nitrogens with one attached hydrogen (secondary N) is 2. The number of halogens is 5. The number of carboxylic acid groups (broad SMARTS) is 1. The van der Waals surface area contributed by atoms with E-state index in [1.54, 1.807) is 18.2 Å². The van der Waals surface area contributed by atoms with Gasteiger partial charge >= 0.3 is 18.2 Å². The molecular formula is C26H29F5N2O5. The molecule has 208 valence electrons. The summed E-state index contributed by atoms with van der Waals surface area (Å²) < 4.78 is 76.2. The lowest BCUT2D eigenvalue weighted by Crippen LogP contribution is -2.51. The van der Waals surface area contributed by atoms with E-state index >= 15 is 0 Å². The highest BCUT2D eigenvalue weighted by Crippen LogP contribution is 2.22. The van der Waals surface area contributed by atoms with Gasteiger partial charge in [0, 0.05) is 19.2 Å². The Morgan fingerprint density at radius 1 is 1.11 bits per heavy atom. The number of hydrogen-bond acceptors (Lipinski definition) is 5. The molecule has 3 N–H and O–H groups in total. The summed E-state index contributed by atoms with van der Waals surface area (Å²) in [5, 5.41) is 14.1. The minimum Gasteiger partial charge on any atom is -0.497 e. The Balaban J connectivity index is 2.29. The van der Waals surface area contributed by atoms with E-state index in [0.717, 1.165) is 36.1 Å². The molecule has 2 rings (SSSR count). The molecule has 0 spiro atoms. The number of ether oxygens (including phenoxy) is 2. The van der Waals surface area contributed by atoms with E-state index in [0.29, 0.717) is 18.2 Å². The third-order valence-electron chi connectivity index (χ3n) is 5.55. The van der Waals surface area contributed by atoms with Crippen LogP contribution in [0.15, 0.2) is 49.1 Å². The first-order valence-electron chi connectivity index (χ1n) is 11.6. The number of carbonyl (C=O) groups is 2. The van der Waals surface area contributed by atoms with Gasteiger partial charge in [0.1, 0.15) is 23.5 Å². The second-order valence-corrected chi connectivity index (χ2v) is 8.43. The van der Waals surface area contributed by atoms with Crippen LogP contribution in [0.1, 0.15) is 29.5 Å². The molecule has 2 aromatic rings. The maximum absolute atomic E-state index is 13.7. The first-order chi connectivity index (χ1) is 17.9. The highest BCUT2D eigenvalue weighted by molar-refractivity contribution is 5.76. The molecule has 0 aliphatic carbocycles. The van der Waals surface area contributed by atoms with Gasteiger partial charge in [0.15, 0.2) is 0 Å². The summed E-state index contributed by atoms with van der Waals surface area (Å²) in [5.41, 5.74) is 1.66. The van der Waals surface area contributed by atoms with E-state index in [1.807, 2.05) is 11.4 Å². The van der Waals surface area contributed by atoms with Gasteiger partial charge in [-0.1, -0.05) is 12.1 Å². The fourth-order valence-corrected chi connectivity index (χ4v) is 3.81. The molecule has 1 amide bonds. The number of unbranched alkanes of at least 4 members (excludes halogenated alkanes) is 1. The summed E-state index contributed by atoms with van der Waals surface area (Å²) in [7, 11) is 1.48. The molecule has 0 heterocycles. The zero-order valence-electron chi connectivity index (χ0n) is 20.6. The zero-order valence-corrected chi connectivity index (χ0v) is 20.6. The lowest BCUT2D eigenvalue weighted by molar-refractivity contribution is -0.205. The Morgan fingerprint density at radius 2 is 1.79 bits per heavy atom. The van der Waals surface area contributed by atoms with Crippen LogP contribution in [-0.4, -0.2) is 49.1 Å². The van der Waals surface area contributed by atoms with Crippen LogP contribution in [0.25, 0.3) is 0 Å².